The average molecular weight is 290 g/mol. The third-order valence-corrected chi connectivity index (χ3v) is 3.81. The van der Waals surface area contributed by atoms with Gasteiger partial charge in [0.25, 0.3) is 5.91 Å². The molecule has 1 aromatic carbocycles. The fourth-order valence-electron chi connectivity index (χ4n) is 2.48. The number of carbonyl (C=O) groups is 1. The van der Waals surface area contributed by atoms with Crippen LogP contribution in [0.15, 0.2) is 24.3 Å². The zero-order valence-electron chi connectivity index (χ0n) is 13.0. The van der Waals surface area contributed by atoms with Crippen molar-refractivity contribution in [1.29, 1.82) is 0 Å². The predicted octanol–water partition coefficient (Wildman–Crippen LogP) is 2.67. The van der Waals surface area contributed by atoms with Gasteiger partial charge in [0, 0.05) is 24.7 Å². The van der Waals surface area contributed by atoms with Gasteiger partial charge < -0.3 is 15.4 Å². The maximum absolute atomic E-state index is 12.4. The monoisotopic (exact) mass is 290 g/mol. The standard InChI is InChI=1S/C17H26N2O2/c1-13(2)9-11-21-16-7-5-14(6-8-16)17(20)19-10-3-4-15(18)12-19/h5-8,13,15H,3-4,9-12,18H2,1-2H3. The molecule has 1 heterocycles. The SMILES string of the molecule is CC(C)CCOc1ccc(C(=O)N2CCCC(N)C2)cc1. The molecule has 0 saturated carbocycles. The van der Waals surface area contributed by atoms with Gasteiger partial charge in [-0.05, 0) is 49.4 Å². The third kappa shape index (κ3) is 4.74. The van der Waals surface area contributed by atoms with Crippen LogP contribution in [0.4, 0.5) is 0 Å². The minimum atomic E-state index is 0.0684. The Morgan fingerprint density at radius 1 is 1.38 bits per heavy atom. The van der Waals surface area contributed by atoms with E-state index in [0.717, 1.165) is 31.6 Å². The Morgan fingerprint density at radius 2 is 2.10 bits per heavy atom. The molecule has 1 aliphatic rings. The molecule has 0 radical (unpaired) electrons. The number of piperidine rings is 1. The molecule has 1 atom stereocenters. The molecule has 0 spiro atoms. The first-order valence-electron chi connectivity index (χ1n) is 7.84. The molecule has 4 heteroatoms. The minimum Gasteiger partial charge on any atom is -0.494 e. The first kappa shape index (κ1) is 15.8. The van der Waals surface area contributed by atoms with Crippen LogP contribution in [0, 0.1) is 5.92 Å². The van der Waals surface area contributed by atoms with Crippen molar-refractivity contribution in [2.75, 3.05) is 19.7 Å². The molecule has 1 saturated heterocycles. The molecule has 116 valence electrons. The van der Waals surface area contributed by atoms with Crippen LogP contribution in [0.3, 0.4) is 0 Å². The van der Waals surface area contributed by atoms with Crippen LogP contribution in [0.1, 0.15) is 43.5 Å². The van der Waals surface area contributed by atoms with Crippen molar-refractivity contribution >= 4 is 5.91 Å². The highest BCUT2D eigenvalue weighted by atomic mass is 16.5. The Hall–Kier alpha value is -1.55. The lowest BCUT2D eigenvalue weighted by Gasteiger charge is -2.30. The van der Waals surface area contributed by atoms with E-state index < -0.39 is 0 Å². The van der Waals surface area contributed by atoms with Crippen LogP contribution in [0.2, 0.25) is 0 Å². The molecule has 1 aliphatic heterocycles. The summed E-state index contributed by atoms with van der Waals surface area (Å²) in [7, 11) is 0. The number of benzene rings is 1. The summed E-state index contributed by atoms with van der Waals surface area (Å²) in [5.41, 5.74) is 6.64. The van der Waals surface area contributed by atoms with Crippen molar-refractivity contribution in [3.05, 3.63) is 29.8 Å². The predicted molar refractivity (Wildman–Crippen MR) is 84.5 cm³/mol. The molecule has 2 rings (SSSR count). The number of nitrogens with two attached hydrogens (primary N) is 1. The van der Waals surface area contributed by atoms with E-state index >= 15 is 0 Å². The van der Waals surface area contributed by atoms with E-state index in [1.807, 2.05) is 29.2 Å². The van der Waals surface area contributed by atoms with E-state index in [2.05, 4.69) is 13.8 Å². The minimum absolute atomic E-state index is 0.0684. The Labute approximate surface area is 127 Å². The fraction of sp³-hybridized carbons (Fsp3) is 0.588. The lowest BCUT2D eigenvalue weighted by molar-refractivity contribution is 0.0709. The number of amides is 1. The number of rotatable bonds is 5. The van der Waals surface area contributed by atoms with Crippen LogP contribution in [0.25, 0.3) is 0 Å². The highest BCUT2D eigenvalue weighted by Gasteiger charge is 2.22. The maximum atomic E-state index is 12.4. The third-order valence-electron chi connectivity index (χ3n) is 3.81. The van der Waals surface area contributed by atoms with Gasteiger partial charge >= 0.3 is 0 Å². The summed E-state index contributed by atoms with van der Waals surface area (Å²) in [5.74, 6) is 1.52. The molecule has 0 aromatic heterocycles. The number of likely N-dealkylation sites (tertiary alicyclic amines) is 1. The molecule has 1 fully saturated rings. The van der Waals surface area contributed by atoms with Crippen LogP contribution < -0.4 is 10.5 Å². The van der Waals surface area contributed by atoms with E-state index in [4.69, 9.17) is 10.5 Å². The van der Waals surface area contributed by atoms with Gasteiger partial charge in [0.2, 0.25) is 0 Å². The van der Waals surface area contributed by atoms with Crippen molar-refractivity contribution < 1.29 is 9.53 Å². The van der Waals surface area contributed by atoms with Gasteiger partial charge in [0.15, 0.2) is 0 Å². The Balaban J connectivity index is 1.90. The first-order chi connectivity index (χ1) is 10.1. The molecule has 1 amide bonds. The van der Waals surface area contributed by atoms with Crippen molar-refractivity contribution in [3.63, 3.8) is 0 Å². The summed E-state index contributed by atoms with van der Waals surface area (Å²) in [6.07, 6.45) is 3.03. The second kappa shape index (κ2) is 7.46. The van der Waals surface area contributed by atoms with E-state index in [9.17, 15) is 4.79 Å². The van der Waals surface area contributed by atoms with Crippen molar-refractivity contribution in [1.82, 2.24) is 4.90 Å². The van der Waals surface area contributed by atoms with Crippen molar-refractivity contribution in [3.8, 4) is 5.75 Å². The van der Waals surface area contributed by atoms with Gasteiger partial charge in [-0.2, -0.15) is 0 Å². The largest absolute Gasteiger partial charge is 0.494 e. The van der Waals surface area contributed by atoms with Gasteiger partial charge in [-0.1, -0.05) is 13.8 Å². The van der Waals surface area contributed by atoms with E-state index in [-0.39, 0.29) is 11.9 Å². The smallest absolute Gasteiger partial charge is 0.253 e. The second-order valence-electron chi connectivity index (χ2n) is 6.21. The van der Waals surface area contributed by atoms with Crippen LogP contribution in [0.5, 0.6) is 5.75 Å². The van der Waals surface area contributed by atoms with Crippen molar-refractivity contribution in [2.24, 2.45) is 11.7 Å². The summed E-state index contributed by atoms with van der Waals surface area (Å²) in [5, 5.41) is 0. The molecule has 1 unspecified atom stereocenters. The molecular weight excluding hydrogens is 264 g/mol. The number of hydrogen-bond donors (Lipinski definition) is 1. The summed E-state index contributed by atoms with van der Waals surface area (Å²) in [6.45, 7) is 6.53. The number of nitrogens with zero attached hydrogens (tertiary/aromatic N) is 1. The van der Waals surface area contributed by atoms with E-state index in [0.29, 0.717) is 24.6 Å². The highest BCUT2D eigenvalue weighted by molar-refractivity contribution is 5.94. The van der Waals surface area contributed by atoms with Gasteiger partial charge in [-0.3, -0.25) is 4.79 Å². The van der Waals surface area contributed by atoms with Crippen LogP contribution in [-0.4, -0.2) is 36.5 Å². The summed E-state index contributed by atoms with van der Waals surface area (Å²) in [6, 6.07) is 7.54. The van der Waals surface area contributed by atoms with Gasteiger partial charge in [0.05, 0.1) is 6.61 Å². The summed E-state index contributed by atoms with van der Waals surface area (Å²) in [4.78, 5) is 14.2. The Morgan fingerprint density at radius 3 is 2.71 bits per heavy atom. The summed E-state index contributed by atoms with van der Waals surface area (Å²) < 4.78 is 5.67. The van der Waals surface area contributed by atoms with Crippen LogP contribution in [-0.2, 0) is 0 Å². The zero-order chi connectivity index (χ0) is 15.2. The Kier molecular flexibility index (Phi) is 5.62. The quantitative estimate of drug-likeness (QED) is 0.907. The Bertz CT molecular complexity index is 456. The zero-order valence-corrected chi connectivity index (χ0v) is 13.0. The van der Waals surface area contributed by atoms with Gasteiger partial charge in [0.1, 0.15) is 5.75 Å². The van der Waals surface area contributed by atoms with Gasteiger partial charge in [-0.15, -0.1) is 0 Å². The maximum Gasteiger partial charge on any atom is 0.253 e. The number of hydrogen-bond acceptors (Lipinski definition) is 3. The lowest BCUT2D eigenvalue weighted by Crippen LogP contribution is -2.45. The number of carbonyl (C=O) groups excluding carboxylic acids is 1. The number of ether oxygens (including phenoxy) is 1. The molecule has 0 aliphatic carbocycles. The molecule has 1 aromatic rings. The molecule has 2 N–H and O–H groups in total. The van der Waals surface area contributed by atoms with Gasteiger partial charge in [-0.25, -0.2) is 0 Å². The van der Waals surface area contributed by atoms with E-state index in [1.54, 1.807) is 0 Å². The molecule has 4 nitrogen and oxygen atoms in total. The van der Waals surface area contributed by atoms with Crippen LogP contribution >= 0.6 is 0 Å². The van der Waals surface area contributed by atoms with Crippen molar-refractivity contribution in [2.45, 2.75) is 39.2 Å². The first-order valence-corrected chi connectivity index (χ1v) is 7.84. The molecule has 21 heavy (non-hydrogen) atoms. The molecular formula is C17H26N2O2. The topological polar surface area (TPSA) is 55.6 Å². The van der Waals surface area contributed by atoms with E-state index in [1.165, 1.54) is 0 Å². The second-order valence-corrected chi connectivity index (χ2v) is 6.21. The lowest BCUT2D eigenvalue weighted by atomic mass is 10.1. The summed E-state index contributed by atoms with van der Waals surface area (Å²) >= 11 is 0. The average Bonchev–Trinajstić information content (AvgIpc) is 2.47. The fourth-order valence-corrected chi connectivity index (χ4v) is 2.48. The molecule has 0 bridgehead atoms. The highest BCUT2D eigenvalue weighted by Crippen LogP contribution is 2.17. The normalized spacial score (nSPS) is 18.9.